The number of likely N-dealkylation sites (N-methyl/N-ethyl adjacent to an activating group) is 1. The van der Waals surface area contributed by atoms with Crippen molar-refractivity contribution in [2.75, 3.05) is 40.3 Å². The zero-order valence-electron chi connectivity index (χ0n) is 12.8. The van der Waals surface area contributed by atoms with Crippen molar-refractivity contribution in [1.82, 2.24) is 10.2 Å². The Hall–Kier alpha value is -0.950. The highest BCUT2D eigenvalue weighted by molar-refractivity contribution is 7.10. The van der Waals surface area contributed by atoms with Gasteiger partial charge in [-0.1, -0.05) is 5.16 Å². The first-order valence-electron chi connectivity index (χ1n) is 7.46. The number of oxime groups is 1. The molecule has 1 aromatic rings. The number of fused-ring (bicyclic) bond motifs is 1. The van der Waals surface area contributed by atoms with E-state index in [4.69, 9.17) is 4.84 Å². The topological polar surface area (TPSA) is 57.1 Å². The number of rotatable bonds is 8. The summed E-state index contributed by atoms with van der Waals surface area (Å²) in [6.45, 7) is 2.58. The third kappa shape index (κ3) is 5.39. The zero-order chi connectivity index (χ0) is 15.1. The largest absolute Gasteiger partial charge is 0.393 e. The molecule has 0 saturated heterocycles. The fraction of sp³-hybridized carbons (Fsp3) is 0.667. The Balaban J connectivity index is 1.68. The van der Waals surface area contributed by atoms with Crippen molar-refractivity contribution >= 4 is 17.0 Å². The van der Waals surface area contributed by atoms with Gasteiger partial charge in [0.05, 0.1) is 5.71 Å². The number of hydrogen-bond acceptors (Lipinski definition) is 6. The van der Waals surface area contributed by atoms with Gasteiger partial charge in [0.15, 0.2) is 0 Å². The van der Waals surface area contributed by atoms with Gasteiger partial charge in [-0.2, -0.15) is 0 Å². The average Bonchev–Trinajstić information content (AvgIpc) is 2.93. The molecule has 1 atom stereocenters. The Kier molecular flexibility index (Phi) is 6.63. The molecular weight excluding hydrogens is 286 g/mol. The molecule has 1 aromatic heterocycles. The van der Waals surface area contributed by atoms with Crippen LogP contribution in [-0.4, -0.2) is 62.2 Å². The van der Waals surface area contributed by atoms with E-state index in [0.29, 0.717) is 6.54 Å². The molecule has 0 radical (unpaired) electrons. The predicted octanol–water partition coefficient (Wildman–Crippen LogP) is 1.32. The van der Waals surface area contributed by atoms with E-state index in [9.17, 15) is 5.11 Å². The van der Waals surface area contributed by atoms with Crippen LogP contribution in [0.15, 0.2) is 16.6 Å². The fourth-order valence-corrected chi connectivity index (χ4v) is 3.21. The van der Waals surface area contributed by atoms with E-state index in [1.807, 2.05) is 14.1 Å². The van der Waals surface area contributed by atoms with Gasteiger partial charge in [-0.05, 0) is 44.8 Å². The molecule has 5 nitrogen and oxygen atoms in total. The van der Waals surface area contributed by atoms with Gasteiger partial charge in [-0.3, -0.25) is 0 Å². The van der Waals surface area contributed by atoms with E-state index in [0.717, 1.165) is 38.1 Å². The maximum absolute atomic E-state index is 9.83. The number of aliphatic hydroxyl groups is 1. The summed E-state index contributed by atoms with van der Waals surface area (Å²) in [5.74, 6) is 0. The summed E-state index contributed by atoms with van der Waals surface area (Å²) in [7, 11) is 4.06. The summed E-state index contributed by atoms with van der Waals surface area (Å²) in [6.07, 6.45) is 2.71. The molecule has 2 rings (SSSR count). The summed E-state index contributed by atoms with van der Waals surface area (Å²) in [4.78, 5) is 8.83. The van der Waals surface area contributed by atoms with E-state index in [-0.39, 0.29) is 6.61 Å². The SMILES string of the molecule is CN(C)CCNCC(O)CON=C1CCCc2sccc21. The average molecular weight is 311 g/mol. The first-order valence-corrected chi connectivity index (χ1v) is 8.34. The van der Waals surface area contributed by atoms with Crippen molar-refractivity contribution in [1.29, 1.82) is 0 Å². The normalized spacial score (nSPS) is 18.0. The monoisotopic (exact) mass is 311 g/mol. The molecule has 0 fully saturated rings. The third-order valence-electron chi connectivity index (χ3n) is 3.43. The molecule has 0 aliphatic heterocycles. The van der Waals surface area contributed by atoms with Crippen LogP contribution < -0.4 is 5.32 Å². The second-order valence-corrected chi connectivity index (χ2v) is 6.61. The molecule has 21 heavy (non-hydrogen) atoms. The van der Waals surface area contributed by atoms with Crippen molar-refractivity contribution < 1.29 is 9.94 Å². The van der Waals surface area contributed by atoms with Crippen molar-refractivity contribution in [2.24, 2.45) is 5.16 Å². The standard InChI is InChI=1S/C15H25N3O2S/c1-18(2)8-7-16-10-12(19)11-20-17-14-4-3-5-15-13(14)6-9-21-15/h6,9,12,16,19H,3-5,7-8,10-11H2,1-2H3. The number of aliphatic hydroxyl groups excluding tert-OH is 1. The Labute approximate surface area is 130 Å². The number of hydrogen-bond donors (Lipinski definition) is 2. The first-order chi connectivity index (χ1) is 10.2. The number of thiophene rings is 1. The van der Waals surface area contributed by atoms with E-state index in [1.54, 1.807) is 11.3 Å². The lowest BCUT2D eigenvalue weighted by Crippen LogP contribution is -2.34. The summed E-state index contributed by atoms with van der Waals surface area (Å²) in [6, 6.07) is 2.11. The molecule has 6 heteroatoms. The summed E-state index contributed by atoms with van der Waals surface area (Å²) < 4.78 is 0. The molecule has 2 N–H and O–H groups in total. The van der Waals surface area contributed by atoms with Gasteiger partial charge in [-0.15, -0.1) is 11.3 Å². The minimum Gasteiger partial charge on any atom is -0.393 e. The lowest BCUT2D eigenvalue weighted by atomic mass is 9.97. The van der Waals surface area contributed by atoms with Crippen LogP contribution in [0.5, 0.6) is 0 Å². The van der Waals surface area contributed by atoms with Crippen LogP contribution in [0.2, 0.25) is 0 Å². The van der Waals surface area contributed by atoms with Crippen LogP contribution in [0.3, 0.4) is 0 Å². The van der Waals surface area contributed by atoms with Crippen molar-refractivity contribution in [3.63, 3.8) is 0 Å². The minimum absolute atomic E-state index is 0.234. The van der Waals surface area contributed by atoms with Crippen molar-refractivity contribution in [3.05, 3.63) is 21.9 Å². The minimum atomic E-state index is -0.526. The van der Waals surface area contributed by atoms with Gasteiger partial charge in [0.2, 0.25) is 0 Å². The Morgan fingerprint density at radius 1 is 1.48 bits per heavy atom. The molecule has 1 aliphatic rings. The van der Waals surface area contributed by atoms with Crippen LogP contribution in [0.4, 0.5) is 0 Å². The van der Waals surface area contributed by atoms with E-state index >= 15 is 0 Å². The van der Waals surface area contributed by atoms with Crippen LogP contribution in [0, 0.1) is 0 Å². The molecule has 0 spiro atoms. The van der Waals surface area contributed by atoms with Crippen molar-refractivity contribution in [3.8, 4) is 0 Å². The Morgan fingerprint density at radius 3 is 3.14 bits per heavy atom. The van der Waals surface area contributed by atoms with Crippen LogP contribution >= 0.6 is 11.3 Å². The van der Waals surface area contributed by atoms with Gasteiger partial charge in [0.25, 0.3) is 0 Å². The quantitative estimate of drug-likeness (QED) is 0.561. The van der Waals surface area contributed by atoms with Crippen LogP contribution in [-0.2, 0) is 11.3 Å². The molecule has 0 aromatic carbocycles. The summed E-state index contributed by atoms with van der Waals surface area (Å²) in [5.41, 5.74) is 2.25. The molecular formula is C15H25N3O2S. The molecule has 0 bridgehead atoms. The molecule has 0 amide bonds. The highest BCUT2D eigenvalue weighted by Gasteiger charge is 2.17. The van der Waals surface area contributed by atoms with Crippen molar-refractivity contribution in [2.45, 2.75) is 25.4 Å². The molecule has 1 aliphatic carbocycles. The molecule has 118 valence electrons. The second-order valence-electron chi connectivity index (χ2n) is 5.61. The van der Waals surface area contributed by atoms with E-state index in [1.165, 1.54) is 10.4 Å². The highest BCUT2D eigenvalue weighted by atomic mass is 32.1. The summed E-state index contributed by atoms with van der Waals surface area (Å²) >= 11 is 1.78. The van der Waals surface area contributed by atoms with Gasteiger partial charge in [-0.25, -0.2) is 0 Å². The molecule has 1 heterocycles. The number of aryl methyl sites for hydroxylation is 1. The number of nitrogens with zero attached hydrogens (tertiary/aromatic N) is 2. The predicted molar refractivity (Wildman–Crippen MR) is 87.2 cm³/mol. The summed E-state index contributed by atoms with van der Waals surface area (Å²) in [5, 5.41) is 19.4. The highest BCUT2D eigenvalue weighted by Crippen LogP contribution is 2.26. The van der Waals surface area contributed by atoms with E-state index in [2.05, 4.69) is 26.8 Å². The van der Waals surface area contributed by atoms with Crippen LogP contribution in [0.25, 0.3) is 0 Å². The van der Waals surface area contributed by atoms with E-state index < -0.39 is 6.10 Å². The van der Waals surface area contributed by atoms with Gasteiger partial charge < -0.3 is 20.2 Å². The number of nitrogens with one attached hydrogen (secondary N) is 1. The first kappa shape index (κ1) is 16.4. The maximum Gasteiger partial charge on any atom is 0.144 e. The fourth-order valence-electron chi connectivity index (χ4n) is 2.27. The van der Waals surface area contributed by atoms with Gasteiger partial charge >= 0.3 is 0 Å². The van der Waals surface area contributed by atoms with Crippen LogP contribution in [0.1, 0.15) is 23.3 Å². The lowest BCUT2D eigenvalue weighted by Gasteiger charge is -2.15. The second kappa shape index (κ2) is 8.48. The zero-order valence-corrected chi connectivity index (χ0v) is 13.7. The molecule has 0 saturated carbocycles. The Morgan fingerprint density at radius 2 is 2.33 bits per heavy atom. The smallest absolute Gasteiger partial charge is 0.144 e. The van der Waals surface area contributed by atoms with Gasteiger partial charge in [0.1, 0.15) is 12.7 Å². The third-order valence-corrected chi connectivity index (χ3v) is 4.41. The molecule has 1 unspecified atom stereocenters. The Bertz CT molecular complexity index is 460. The maximum atomic E-state index is 9.83. The van der Waals surface area contributed by atoms with Gasteiger partial charge in [0, 0.05) is 30.1 Å². The lowest BCUT2D eigenvalue weighted by molar-refractivity contribution is 0.0400.